The van der Waals surface area contributed by atoms with Gasteiger partial charge in [-0.25, -0.2) is 18.3 Å². The summed E-state index contributed by atoms with van der Waals surface area (Å²) in [5, 5.41) is 7.51. The Kier molecular flexibility index (Phi) is 6.60. The van der Waals surface area contributed by atoms with Crippen molar-refractivity contribution in [2.45, 2.75) is 0 Å². The molecule has 0 radical (unpaired) electrons. The molecule has 1 amide bonds. The Morgan fingerprint density at radius 3 is 2.37 bits per heavy atom. The maximum atomic E-state index is 15.1. The van der Waals surface area contributed by atoms with Gasteiger partial charge in [0.15, 0.2) is 28.7 Å². The third kappa shape index (κ3) is 4.96. The standard InChI is InChI=1S/C30H21F2N5O4/c1-39-27-14-20-22(16-28(27)40-2)33-11-9-25(20)41-26-8-7-19(13-21(26)32)35-30(38)23-15-24(17-3-5-18(31)6-4-17)37-29(36-23)10-12-34-37/h3-16H,1-2H3,(H,35,38). The predicted molar refractivity (Wildman–Crippen MR) is 148 cm³/mol. The normalized spacial score (nSPS) is 11.0. The lowest BCUT2D eigenvalue weighted by atomic mass is 10.1. The summed E-state index contributed by atoms with van der Waals surface area (Å²) >= 11 is 0. The molecule has 0 bridgehead atoms. The molecule has 9 nitrogen and oxygen atoms in total. The topological polar surface area (TPSA) is 99.9 Å². The van der Waals surface area contributed by atoms with Crippen LogP contribution in [0.1, 0.15) is 10.5 Å². The van der Waals surface area contributed by atoms with Gasteiger partial charge in [-0.3, -0.25) is 9.78 Å². The molecule has 6 rings (SSSR count). The first-order chi connectivity index (χ1) is 19.9. The summed E-state index contributed by atoms with van der Waals surface area (Å²) < 4.78 is 46.7. The molecule has 0 aliphatic carbocycles. The summed E-state index contributed by atoms with van der Waals surface area (Å²) in [5.41, 5.74) is 2.45. The number of carbonyl (C=O) groups excluding carboxylic acids is 1. The van der Waals surface area contributed by atoms with Gasteiger partial charge in [0.1, 0.15) is 17.3 Å². The average Bonchev–Trinajstić information content (AvgIpc) is 3.47. The van der Waals surface area contributed by atoms with E-state index in [1.54, 1.807) is 53.3 Å². The van der Waals surface area contributed by atoms with Crippen molar-refractivity contribution in [1.82, 2.24) is 19.6 Å². The number of nitrogens with one attached hydrogen (secondary N) is 1. The quantitative estimate of drug-likeness (QED) is 0.248. The predicted octanol–water partition coefficient (Wildman–Crippen LogP) is 6.28. The Balaban J connectivity index is 1.26. The van der Waals surface area contributed by atoms with Crippen LogP contribution in [0.25, 0.3) is 27.8 Å². The van der Waals surface area contributed by atoms with Gasteiger partial charge in [0, 0.05) is 41.0 Å². The number of carbonyl (C=O) groups is 1. The minimum absolute atomic E-state index is 0.0531. The molecule has 11 heteroatoms. The van der Waals surface area contributed by atoms with Crippen LogP contribution in [-0.4, -0.2) is 39.7 Å². The van der Waals surface area contributed by atoms with Crippen LogP contribution in [0.5, 0.6) is 23.0 Å². The highest BCUT2D eigenvalue weighted by Crippen LogP contribution is 2.37. The third-order valence-corrected chi connectivity index (χ3v) is 6.35. The van der Waals surface area contributed by atoms with Crippen molar-refractivity contribution in [3.05, 3.63) is 103 Å². The van der Waals surface area contributed by atoms with Crippen LogP contribution in [0.2, 0.25) is 0 Å². The molecule has 3 heterocycles. The highest BCUT2D eigenvalue weighted by molar-refractivity contribution is 6.03. The van der Waals surface area contributed by atoms with Crippen molar-refractivity contribution < 1.29 is 27.8 Å². The van der Waals surface area contributed by atoms with Gasteiger partial charge in [0.25, 0.3) is 5.91 Å². The molecule has 6 aromatic rings. The largest absolute Gasteiger partial charge is 0.493 e. The van der Waals surface area contributed by atoms with Gasteiger partial charge >= 0.3 is 0 Å². The molecule has 0 saturated carbocycles. The first kappa shape index (κ1) is 25.7. The smallest absolute Gasteiger partial charge is 0.274 e. The molecule has 0 spiro atoms. The van der Waals surface area contributed by atoms with Crippen molar-refractivity contribution in [2.75, 3.05) is 19.5 Å². The van der Waals surface area contributed by atoms with Crippen molar-refractivity contribution in [3.63, 3.8) is 0 Å². The Labute approximate surface area is 232 Å². The molecule has 41 heavy (non-hydrogen) atoms. The van der Waals surface area contributed by atoms with E-state index in [9.17, 15) is 9.18 Å². The summed E-state index contributed by atoms with van der Waals surface area (Å²) in [5.74, 6) is -0.361. The molecular formula is C30H21F2N5O4. The van der Waals surface area contributed by atoms with Gasteiger partial charge in [-0.2, -0.15) is 5.10 Å². The second kappa shape index (κ2) is 10.5. The Hall–Kier alpha value is -5.58. The van der Waals surface area contributed by atoms with Gasteiger partial charge in [0.2, 0.25) is 0 Å². The fourth-order valence-corrected chi connectivity index (χ4v) is 4.37. The molecule has 0 unspecified atom stereocenters. The van der Waals surface area contributed by atoms with Gasteiger partial charge < -0.3 is 19.5 Å². The number of anilines is 1. The second-order valence-electron chi connectivity index (χ2n) is 8.87. The summed E-state index contributed by atoms with van der Waals surface area (Å²) in [7, 11) is 3.04. The first-order valence-corrected chi connectivity index (χ1v) is 12.3. The molecule has 204 valence electrons. The molecule has 0 saturated heterocycles. The van der Waals surface area contributed by atoms with Crippen LogP contribution in [0, 0.1) is 11.6 Å². The van der Waals surface area contributed by atoms with E-state index in [0.717, 1.165) is 6.07 Å². The SMILES string of the molecule is COc1cc2nccc(Oc3ccc(NC(=O)c4cc(-c5ccc(F)cc5)n5nccc5n4)cc3F)c2cc1OC. The summed E-state index contributed by atoms with van der Waals surface area (Å²) in [6, 6.07) is 18.1. The fraction of sp³-hybridized carbons (Fsp3) is 0.0667. The van der Waals surface area contributed by atoms with Crippen LogP contribution >= 0.6 is 0 Å². The van der Waals surface area contributed by atoms with Gasteiger partial charge in [-0.15, -0.1) is 0 Å². The van der Waals surface area contributed by atoms with Crippen LogP contribution in [0.4, 0.5) is 14.5 Å². The maximum absolute atomic E-state index is 15.1. The molecule has 3 aromatic carbocycles. The molecule has 0 aliphatic rings. The van der Waals surface area contributed by atoms with Crippen LogP contribution in [0.15, 0.2) is 85.2 Å². The number of rotatable bonds is 7. The number of hydrogen-bond acceptors (Lipinski definition) is 7. The number of halogens is 2. The Morgan fingerprint density at radius 1 is 0.829 bits per heavy atom. The minimum atomic E-state index is -0.695. The van der Waals surface area contributed by atoms with E-state index in [1.807, 2.05) is 0 Å². The van der Waals surface area contributed by atoms with E-state index in [4.69, 9.17) is 14.2 Å². The lowest BCUT2D eigenvalue weighted by molar-refractivity contribution is 0.102. The lowest BCUT2D eigenvalue weighted by Crippen LogP contribution is -2.15. The fourth-order valence-electron chi connectivity index (χ4n) is 4.37. The number of aromatic nitrogens is 4. The number of methoxy groups -OCH3 is 2. The molecule has 0 aliphatic heterocycles. The second-order valence-corrected chi connectivity index (χ2v) is 8.87. The Morgan fingerprint density at radius 2 is 1.61 bits per heavy atom. The highest BCUT2D eigenvalue weighted by atomic mass is 19.1. The highest BCUT2D eigenvalue weighted by Gasteiger charge is 2.17. The van der Waals surface area contributed by atoms with E-state index < -0.39 is 11.7 Å². The van der Waals surface area contributed by atoms with E-state index >= 15 is 4.39 Å². The van der Waals surface area contributed by atoms with Gasteiger partial charge in [0.05, 0.1) is 31.6 Å². The lowest BCUT2D eigenvalue weighted by Gasteiger charge is -2.13. The van der Waals surface area contributed by atoms with E-state index in [-0.39, 0.29) is 22.9 Å². The number of benzene rings is 3. The number of pyridine rings is 1. The van der Waals surface area contributed by atoms with Crippen molar-refractivity contribution in [1.29, 1.82) is 0 Å². The zero-order valence-electron chi connectivity index (χ0n) is 21.8. The first-order valence-electron chi connectivity index (χ1n) is 12.3. The zero-order valence-corrected chi connectivity index (χ0v) is 21.8. The van der Waals surface area contributed by atoms with Crippen LogP contribution < -0.4 is 19.5 Å². The average molecular weight is 554 g/mol. The zero-order chi connectivity index (χ0) is 28.5. The monoisotopic (exact) mass is 553 g/mol. The third-order valence-electron chi connectivity index (χ3n) is 6.35. The van der Waals surface area contributed by atoms with Gasteiger partial charge in [-0.1, -0.05) is 0 Å². The molecular weight excluding hydrogens is 532 g/mol. The van der Waals surface area contributed by atoms with Gasteiger partial charge in [-0.05, 0) is 54.6 Å². The number of amides is 1. The molecule has 3 aromatic heterocycles. The number of hydrogen-bond donors (Lipinski definition) is 1. The summed E-state index contributed by atoms with van der Waals surface area (Å²) in [4.78, 5) is 21.8. The van der Waals surface area contributed by atoms with Crippen LogP contribution in [0.3, 0.4) is 0 Å². The Bertz CT molecular complexity index is 1930. The minimum Gasteiger partial charge on any atom is -0.493 e. The molecule has 1 N–H and O–H groups in total. The van der Waals surface area contributed by atoms with Crippen LogP contribution in [-0.2, 0) is 0 Å². The number of fused-ring (bicyclic) bond motifs is 2. The number of nitrogens with zero attached hydrogens (tertiary/aromatic N) is 4. The molecule has 0 atom stereocenters. The van der Waals surface area contributed by atoms with E-state index in [0.29, 0.717) is 45.1 Å². The number of ether oxygens (including phenoxy) is 3. The summed E-state index contributed by atoms with van der Waals surface area (Å²) in [6.07, 6.45) is 3.09. The summed E-state index contributed by atoms with van der Waals surface area (Å²) in [6.45, 7) is 0. The van der Waals surface area contributed by atoms with Crippen molar-refractivity contribution in [2.24, 2.45) is 0 Å². The maximum Gasteiger partial charge on any atom is 0.274 e. The molecule has 0 fully saturated rings. The van der Waals surface area contributed by atoms with E-state index in [1.165, 1.54) is 44.6 Å². The van der Waals surface area contributed by atoms with Crippen molar-refractivity contribution in [3.8, 4) is 34.3 Å². The van der Waals surface area contributed by atoms with E-state index in [2.05, 4.69) is 20.4 Å². The van der Waals surface area contributed by atoms with Crippen molar-refractivity contribution >= 4 is 28.1 Å².